The molecule has 9 heteroatoms. The van der Waals surface area contributed by atoms with Gasteiger partial charge in [-0.15, -0.1) is 11.3 Å². The van der Waals surface area contributed by atoms with Gasteiger partial charge in [-0.1, -0.05) is 194 Å². The molecule has 15 rings (SSSR count). The van der Waals surface area contributed by atoms with Crippen molar-refractivity contribution in [1.82, 2.24) is 39.0 Å². The molecule has 5 aromatic heterocycles. The number of hydrogen-bond donors (Lipinski definition) is 0. The molecule has 0 radical (unpaired) electrons. The first kappa shape index (κ1) is 42.7. The van der Waals surface area contributed by atoms with Crippen molar-refractivity contribution in [3.8, 4) is 79.7 Å². The third-order valence-corrected chi connectivity index (χ3v) is 15.4. The lowest BCUT2D eigenvalue weighted by Gasteiger charge is -2.17. The van der Waals surface area contributed by atoms with E-state index < -0.39 is 0 Å². The van der Waals surface area contributed by atoms with Gasteiger partial charge in [0.05, 0.1) is 27.8 Å². The van der Waals surface area contributed by atoms with E-state index in [1.54, 1.807) is 0 Å². The summed E-state index contributed by atoms with van der Waals surface area (Å²) in [5.41, 5.74) is 11.6. The highest BCUT2D eigenvalue weighted by Crippen LogP contribution is 2.52. The van der Waals surface area contributed by atoms with E-state index in [2.05, 4.69) is 155 Å². The molecule has 0 aliphatic carbocycles. The summed E-state index contributed by atoms with van der Waals surface area (Å²) in [4.78, 5) is 31.6. The molecule has 0 aliphatic heterocycles. The molecule has 0 saturated carbocycles. The van der Waals surface area contributed by atoms with Crippen LogP contribution in [0.4, 0.5) is 0 Å². The zero-order valence-corrected chi connectivity index (χ0v) is 40.9. The minimum Gasteiger partial charge on any atom is -0.308 e. The van der Waals surface area contributed by atoms with E-state index in [0.717, 1.165) is 83.0 Å². The first-order valence-corrected chi connectivity index (χ1v) is 25.8. The summed E-state index contributed by atoms with van der Waals surface area (Å²) in [6.07, 6.45) is 0. The lowest BCUT2D eigenvalue weighted by Crippen LogP contribution is -2.05. The Balaban J connectivity index is 1.11. The molecule has 8 nitrogen and oxygen atoms in total. The number of rotatable bonds is 8. The Morgan fingerprint density at radius 2 is 0.680 bits per heavy atom. The number of nitrogens with zero attached hydrogens (tertiary/aromatic N) is 8. The van der Waals surface area contributed by atoms with Crippen LogP contribution in [0.1, 0.15) is 0 Å². The summed E-state index contributed by atoms with van der Waals surface area (Å²) >= 11 is 1.86. The van der Waals surface area contributed by atoms with Crippen molar-refractivity contribution in [3.63, 3.8) is 0 Å². The number of fused-ring (bicyclic) bond motifs is 12. The normalized spacial score (nSPS) is 11.7. The second-order valence-corrected chi connectivity index (χ2v) is 19.7. The lowest BCUT2D eigenvalue weighted by molar-refractivity contribution is 1.06. The van der Waals surface area contributed by atoms with Crippen molar-refractivity contribution >= 4 is 75.1 Å². The highest BCUT2D eigenvalue weighted by atomic mass is 32.1. The Kier molecular flexibility index (Phi) is 9.89. The topological polar surface area (TPSA) is 87.2 Å². The number of benzene rings is 10. The molecule has 0 bridgehead atoms. The number of para-hydroxylation sites is 3. The van der Waals surface area contributed by atoms with Crippen LogP contribution < -0.4 is 0 Å². The second kappa shape index (κ2) is 17.4. The Labute approximate surface area is 434 Å². The molecule has 0 saturated heterocycles. The van der Waals surface area contributed by atoms with Crippen molar-refractivity contribution in [3.05, 3.63) is 243 Å². The smallest absolute Gasteiger partial charge is 0.166 e. The highest BCUT2D eigenvalue weighted by molar-refractivity contribution is 7.27. The summed E-state index contributed by atoms with van der Waals surface area (Å²) < 4.78 is 7.40. The minimum absolute atomic E-state index is 0.511. The SMILES string of the molecule is c1ccc(-c2nc(-c3ccccc3)nc(-c3ccc(-n4c5ccccc5c5c6sc7ccccc7c6c6c(c7ccccc7n6-c6ccccc6)c54)c(-c4nc(-c5ccccc5)nc(-c5ccccc5)n4)c3)n2)cc1. The van der Waals surface area contributed by atoms with Crippen LogP contribution in [0, 0.1) is 0 Å². The van der Waals surface area contributed by atoms with E-state index >= 15 is 0 Å². The molecule has 5 heterocycles. The van der Waals surface area contributed by atoms with Gasteiger partial charge >= 0.3 is 0 Å². The third-order valence-electron chi connectivity index (χ3n) is 14.2. The molecular formula is C66H40N8S. The highest BCUT2D eigenvalue weighted by Gasteiger charge is 2.29. The van der Waals surface area contributed by atoms with Crippen LogP contribution in [-0.2, 0) is 0 Å². The van der Waals surface area contributed by atoms with Crippen molar-refractivity contribution in [2.75, 3.05) is 0 Å². The number of thiophene rings is 1. The molecular weight excluding hydrogens is 937 g/mol. The van der Waals surface area contributed by atoms with Gasteiger partial charge in [-0.3, -0.25) is 0 Å². The zero-order valence-electron chi connectivity index (χ0n) is 40.1. The van der Waals surface area contributed by atoms with Crippen LogP contribution in [-0.4, -0.2) is 39.0 Å². The van der Waals surface area contributed by atoms with E-state index in [0.29, 0.717) is 34.9 Å². The van der Waals surface area contributed by atoms with E-state index in [1.807, 2.05) is 108 Å². The average molecular weight is 977 g/mol. The summed E-state index contributed by atoms with van der Waals surface area (Å²) in [6.45, 7) is 0. The van der Waals surface area contributed by atoms with Crippen molar-refractivity contribution in [2.45, 2.75) is 0 Å². The van der Waals surface area contributed by atoms with E-state index in [-0.39, 0.29) is 0 Å². The second-order valence-electron chi connectivity index (χ2n) is 18.6. The number of aromatic nitrogens is 8. The molecule has 75 heavy (non-hydrogen) atoms. The first-order valence-electron chi connectivity index (χ1n) is 25.0. The third kappa shape index (κ3) is 6.97. The van der Waals surface area contributed by atoms with Crippen LogP contribution in [0.2, 0.25) is 0 Å². The van der Waals surface area contributed by atoms with Crippen LogP contribution in [0.25, 0.3) is 143 Å². The van der Waals surface area contributed by atoms with Gasteiger partial charge in [0.1, 0.15) is 0 Å². The maximum absolute atomic E-state index is 5.44. The monoisotopic (exact) mass is 976 g/mol. The maximum Gasteiger partial charge on any atom is 0.166 e. The number of hydrogen-bond acceptors (Lipinski definition) is 7. The Hall–Kier alpha value is -9.96. The van der Waals surface area contributed by atoms with Gasteiger partial charge < -0.3 is 9.13 Å². The van der Waals surface area contributed by atoms with Crippen molar-refractivity contribution < 1.29 is 0 Å². The fraction of sp³-hybridized carbons (Fsp3) is 0. The summed E-state index contributed by atoms with van der Waals surface area (Å²) in [5, 5.41) is 7.15. The van der Waals surface area contributed by atoms with Crippen LogP contribution in [0.3, 0.4) is 0 Å². The Morgan fingerprint density at radius 3 is 1.21 bits per heavy atom. The van der Waals surface area contributed by atoms with E-state index in [4.69, 9.17) is 29.9 Å². The molecule has 0 N–H and O–H groups in total. The maximum atomic E-state index is 5.44. The molecule has 15 aromatic rings. The van der Waals surface area contributed by atoms with Gasteiger partial charge in [0, 0.05) is 80.8 Å². The first-order chi connectivity index (χ1) is 37.2. The van der Waals surface area contributed by atoms with Crippen molar-refractivity contribution in [2.24, 2.45) is 0 Å². The van der Waals surface area contributed by atoms with Gasteiger partial charge in [-0.05, 0) is 48.5 Å². The van der Waals surface area contributed by atoms with Crippen LogP contribution in [0.15, 0.2) is 243 Å². The minimum atomic E-state index is 0.511. The zero-order chi connectivity index (χ0) is 49.4. The summed E-state index contributed by atoms with van der Waals surface area (Å²) in [5.74, 6) is 3.33. The fourth-order valence-electron chi connectivity index (χ4n) is 10.9. The quantitative estimate of drug-likeness (QED) is 0.151. The molecule has 10 aromatic carbocycles. The fourth-order valence-corrected chi connectivity index (χ4v) is 12.2. The van der Waals surface area contributed by atoms with Gasteiger partial charge in [-0.2, -0.15) is 0 Å². The largest absolute Gasteiger partial charge is 0.308 e. The Morgan fingerprint density at radius 1 is 0.293 bits per heavy atom. The molecule has 0 fully saturated rings. The Bertz CT molecular complexity index is 4570. The van der Waals surface area contributed by atoms with Crippen molar-refractivity contribution in [1.29, 1.82) is 0 Å². The summed E-state index contributed by atoms with van der Waals surface area (Å²) in [7, 11) is 0. The average Bonchev–Trinajstić information content (AvgIpc) is 4.32. The van der Waals surface area contributed by atoms with Gasteiger partial charge in [0.2, 0.25) is 0 Å². The standard InChI is InChI=1S/C66H40N8S/c1-6-22-41(23-7-1)61-67-62(42-24-8-2-9-25-42)70-65(69-61)45-38-39-53(50(40-45)66-71-63(43-26-10-3-11-27-43)68-64(72-66)44-28-12-4-13-29-44)74-52-36-20-17-33-48(52)56-59(74)55-47-32-16-19-35-51(47)73(46-30-14-5-15-31-46)58(55)57-49-34-18-21-37-54(49)75-60(56)57/h1-40H. The van der Waals surface area contributed by atoms with E-state index in [9.17, 15) is 0 Å². The molecule has 0 atom stereocenters. The lowest BCUT2D eigenvalue weighted by atomic mass is 10.0. The summed E-state index contributed by atoms with van der Waals surface area (Å²) in [6, 6.07) is 84.3. The predicted octanol–water partition coefficient (Wildman–Crippen LogP) is 16.6. The van der Waals surface area contributed by atoms with Gasteiger partial charge in [0.25, 0.3) is 0 Å². The predicted molar refractivity (Wildman–Crippen MR) is 307 cm³/mol. The molecule has 350 valence electrons. The molecule has 0 spiro atoms. The van der Waals surface area contributed by atoms with Gasteiger partial charge in [-0.25, -0.2) is 29.9 Å². The van der Waals surface area contributed by atoms with Crippen LogP contribution in [0.5, 0.6) is 0 Å². The molecule has 0 aliphatic rings. The van der Waals surface area contributed by atoms with Gasteiger partial charge in [0.15, 0.2) is 34.9 Å². The molecule has 0 amide bonds. The molecule has 0 unspecified atom stereocenters. The van der Waals surface area contributed by atoms with E-state index in [1.165, 1.54) is 25.6 Å². The van der Waals surface area contributed by atoms with Crippen LogP contribution >= 0.6 is 11.3 Å².